The fraction of sp³-hybridized carbons (Fsp3) is 0.124. The molecule has 2 aliphatic carbocycles. The predicted molar refractivity (Wildman–Crippen MR) is 389 cm³/mol. The van der Waals surface area contributed by atoms with Gasteiger partial charge in [0.2, 0.25) is 0 Å². The van der Waals surface area contributed by atoms with Crippen molar-refractivity contribution in [3.05, 3.63) is 331 Å². The summed E-state index contributed by atoms with van der Waals surface area (Å²) < 4.78 is 4.92. The van der Waals surface area contributed by atoms with E-state index in [9.17, 15) is 0 Å². The maximum absolute atomic E-state index is 2.57. The number of anilines is 3. The van der Waals surface area contributed by atoms with Gasteiger partial charge in [0.1, 0.15) is 0 Å². The van der Waals surface area contributed by atoms with Gasteiger partial charge in [0, 0.05) is 50.0 Å². The molecule has 442 valence electrons. The van der Waals surface area contributed by atoms with Gasteiger partial charge in [-0.2, -0.15) is 0 Å². The van der Waals surface area contributed by atoms with Gasteiger partial charge in [-0.1, -0.05) is 254 Å². The minimum absolute atomic E-state index is 0.0728. The molecule has 2 aromatic heterocycles. The molecule has 0 radical (unpaired) electrons. The number of nitrogens with zero attached hydrogens (tertiary/aromatic N) is 3. The highest BCUT2D eigenvalue weighted by molar-refractivity contribution is 6.12. The topological polar surface area (TPSA) is 13.1 Å². The number of para-hydroxylation sites is 3. The van der Waals surface area contributed by atoms with E-state index in [2.05, 4.69) is 359 Å². The SMILES string of the molecule is CC(C)(C)CC(c1ccccc1-c1ccc2c(c1)C1(c3ccccc3-2)c2ccccc2-c2ccc(-n3c4ccccc4c4cc(-c5ccc(N(c6ccc(-c7ccccc7)cc6)c6ccc7c8ccccc8n(-c8ccccc8)c7c6)cc5)ccc43)cc21)C(C)(C)C. The molecule has 3 heteroatoms. The molecule has 3 nitrogen and oxygen atoms in total. The van der Waals surface area contributed by atoms with Crippen LogP contribution in [0.3, 0.4) is 0 Å². The second-order valence-electron chi connectivity index (χ2n) is 27.9. The molecule has 2 heterocycles. The van der Waals surface area contributed by atoms with Crippen LogP contribution in [0.5, 0.6) is 0 Å². The monoisotopic (exact) mass is 1180 g/mol. The van der Waals surface area contributed by atoms with E-state index in [0.717, 1.165) is 45.9 Å². The Morgan fingerprint density at radius 1 is 0.304 bits per heavy atom. The van der Waals surface area contributed by atoms with Crippen molar-refractivity contribution in [3.63, 3.8) is 0 Å². The summed E-state index contributed by atoms with van der Waals surface area (Å²) in [6.07, 6.45) is 1.10. The van der Waals surface area contributed by atoms with Gasteiger partial charge < -0.3 is 14.0 Å². The molecule has 0 N–H and O–H groups in total. The maximum Gasteiger partial charge on any atom is 0.0726 e. The number of benzene rings is 13. The van der Waals surface area contributed by atoms with Crippen molar-refractivity contribution in [3.8, 4) is 67.0 Å². The molecule has 13 aromatic carbocycles. The molecule has 0 bridgehead atoms. The molecule has 0 amide bonds. The first-order chi connectivity index (χ1) is 44.9. The van der Waals surface area contributed by atoms with Gasteiger partial charge in [0.15, 0.2) is 0 Å². The Bertz CT molecular complexity index is 5370. The highest BCUT2D eigenvalue weighted by Crippen LogP contribution is 2.64. The van der Waals surface area contributed by atoms with Crippen LogP contribution in [0.25, 0.3) is 111 Å². The lowest BCUT2D eigenvalue weighted by Gasteiger charge is -2.37. The zero-order valence-electron chi connectivity index (χ0n) is 53.0. The van der Waals surface area contributed by atoms with Gasteiger partial charge in [-0.05, 0) is 198 Å². The molecule has 2 unspecified atom stereocenters. The Hall–Kier alpha value is -10.7. The molecule has 17 rings (SSSR count). The Morgan fingerprint density at radius 2 is 0.761 bits per heavy atom. The zero-order valence-corrected chi connectivity index (χ0v) is 53.0. The molecule has 0 aliphatic heterocycles. The number of hydrogen-bond acceptors (Lipinski definition) is 1. The molecule has 2 atom stereocenters. The molecule has 1 spiro atoms. The van der Waals surface area contributed by atoms with Crippen molar-refractivity contribution >= 4 is 60.7 Å². The van der Waals surface area contributed by atoms with Crippen molar-refractivity contribution in [2.75, 3.05) is 4.90 Å². The van der Waals surface area contributed by atoms with Crippen molar-refractivity contribution in [1.82, 2.24) is 9.13 Å². The Kier molecular flexibility index (Phi) is 12.7. The van der Waals surface area contributed by atoms with Crippen LogP contribution in [0.4, 0.5) is 17.1 Å². The molecular formula is C89H71N3. The number of fused-ring (bicyclic) bond motifs is 16. The van der Waals surface area contributed by atoms with Crippen LogP contribution in [0.2, 0.25) is 0 Å². The molecule has 0 saturated carbocycles. The van der Waals surface area contributed by atoms with Crippen LogP contribution in [0.15, 0.2) is 303 Å². The minimum Gasteiger partial charge on any atom is -0.310 e. The predicted octanol–water partition coefficient (Wildman–Crippen LogP) is 24.3. The van der Waals surface area contributed by atoms with Gasteiger partial charge >= 0.3 is 0 Å². The standard InChI is InChI=1S/C89H71N3/c1-87(2,3)57-82(88(4,5)6)69-28-14-13-27-68(69)62-41-49-72-70-29-15-19-33-78(70)89(80(72)54-62)79-34-20-16-30-71(79)73-50-47-66(55-81(73)89)92-84-36-22-18-32-75(84)77-53-61(42-52-85(77)92)60-39-45-65(46-40-60)90(64-43-37-59(38-44-64)58-23-9-7-10-24-58)67-48-51-76-74-31-17-21-35-83(74)91(86(76)56-67)63-25-11-8-12-26-63/h7-56,82H,57H2,1-6H3. The average molecular weight is 1180 g/mol. The Balaban J connectivity index is 0.782. The smallest absolute Gasteiger partial charge is 0.0726 e. The second-order valence-corrected chi connectivity index (χ2v) is 27.9. The maximum atomic E-state index is 2.57. The zero-order chi connectivity index (χ0) is 62.0. The number of aromatic nitrogens is 2. The largest absolute Gasteiger partial charge is 0.310 e. The van der Waals surface area contributed by atoms with Gasteiger partial charge in [-0.25, -0.2) is 0 Å². The molecule has 0 fully saturated rings. The van der Waals surface area contributed by atoms with E-state index >= 15 is 0 Å². The summed E-state index contributed by atoms with van der Waals surface area (Å²) in [4.78, 5) is 2.40. The van der Waals surface area contributed by atoms with Crippen LogP contribution >= 0.6 is 0 Å². The van der Waals surface area contributed by atoms with E-state index in [1.54, 1.807) is 0 Å². The Labute approximate surface area is 539 Å². The summed E-state index contributed by atoms with van der Waals surface area (Å²) in [5.41, 5.74) is 29.3. The summed E-state index contributed by atoms with van der Waals surface area (Å²) >= 11 is 0. The molecular weight excluding hydrogens is 1110 g/mol. The lowest BCUT2D eigenvalue weighted by atomic mass is 9.67. The minimum atomic E-state index is -0.540. The normalized spacial score (nSPS) is 14.5. The van der Waals surface area contributed by atoms with E-state index in [-0.39, 0.29) is 10.8 Å². The summed E-state index contributed by atoms with van der Waals surface area (Å²) in [7, 11) is 0. The average Bonchev–Trinajstić information content (AvgIpc) is 1.51. The van der Waals surface area contributed by atoms with Crippen molar-refractivity contribution in [1.29, 1.82) is 0 Å². The molecule has 92 heavy (non-hydrogen) atoms. The van der Waals surface area contributed by atoms with Crippen molar-refractivity contribution in [2.45, 2.75) is 59.3 Å². The van der Waals surface area contributed by atoms with Crippen molar-refractivity contribution < 1.29 is 0 Å². The third-order valence-corrected chi connectivity index (χ3v) is 20.1. The Morgan fingerprint density at radius 3 is 1.40 bits per heavy atom. The first-order valence-electron chi connectivity index (χ1n) is 32.7. The lowest BCUT2D eigenvalue weighted by molar-refractivity contribution is 0.229. The molecule has 15 aromatic rings. The summed E-state index contributed by atoms with van der Waals surface area (Å²) in [6.45, 7) is 14.4. The lowest BCUT2D eigenvalue weighted by Crippen LogP contribution is -2.26. The van der Waals surface area contributed by atoms with Crippen LogP contribution in [0.1, 0.15) is 81.7 Å². The van der Waals surface area contributed by atoms with Gasteiger partial charge in [0.05, 0.1) is 27.5 Å². The summed E-state index contributed by atoms with van der Waals surface area (Å²) in [5, 5.41) is 4.92. The first kappa shape index (κ1) is 55.3. The fourth-order valence-electron chi connectivity index (χ4n) is 16.1. The van der Waals surface area contributed by atoms with Gasteiger partial charge in [0.25, 0.3) is 0 Å². The quantitative estimate of drug-likeness (QED) is 0.133. The van der Waals surface area contributed by atoms with E-state index in [4.69, 9.17) is 0 Å². The van der Waals surface area contributed by atoms with Crippen LogP contribution < -0.4 is 4.90 Å². The van der Waals surface area contributed by atoms with Crippen LogP contribution in [-0.2, 0) is 5.41 Å². The van der Waals surface area contributed by atoms with E-state index in [1.807, 2.05) is 0 Å². The second kappa shape index (κ2) is 21.2. The van der Waals surface area contributed by atoms with Crippen LogP contribution in [-0.4, -0.2) is 9.13 Å². The highest BCUT2D eigenvalue weighted by atomic mass is 15.1. The van der Waals surface area contributed by atoms with E-state index in [0.29, 0.717) is 5.92 Å². The van der Waals surface area contributed by atoms with E-state index in [1.165, 1.54) is 116 Å². The number of rotatable bonds is 10. The highest BCUT2D eigenvalue weighted by Gasteiger charge is 2.52. The third-order valence-electron chi connectivity index (χ3n) is 20.1. The number of hydrogen-bond donors (Lipinski definition) is 0. The van der Waals surface area contributed by atoms with Crippen molar-refractivity contribution in [2.24, 2.45) is 10.8 Å². The molecule has 2 aliphatic rings. The van der Waals surface area contributed by atoms with Gasteiger partial charge in [-0.3, -0.25) is 0 Å². The summed E-state index contributed by atoms with van der Waals surface area (Å²) in [5.74, 6) is 0.372. The summed E-state index contributed by atoms with van der Waals surface area (Å²) in [6, 6.07) is 114. The first-order valence-corrected chi connectivity index (χ1v) is 32.7. The fourth-order valence-corrected chi connectivity index (χ4v) is 16.1. The molecule has 0 saturated heterocycles. The third kappa shape index (κ3) is 8.77. The van der Waals surface area contributed by atoms with Gasteiger partial charge in [-0.15, -0.1) is 0 Å². The van der Waals surface area contributed by atoms with E-state index < -0.39 is 5.41 Å². The van der Waals surface area contributed by atoms with Crippen LogP contribution in [0, 0.1) is 10.8 Å².